The number of carboxylic acid groups (broad SMARTS) is 1. The third-order valence-electron chi connectivity index (χ3n) is 3.85. The summed E-state index contributed by atoms with van der Waals surface area (Å²) in [6.45, 7) is 0. The minimum Gasteiger partial charge on any atom is -0.478 e. The average molecular weight is 400 g/mol. The number of carboxylic acids is 1. The van der Waals surface area contributed by atoms with Crippen LogP contribution in [0.3, 0.4) is 0 Å². The topological polar surface area (TPSA) is 55.1 Å². The molecule has 10 heteroatoms. The number of halogens is 6. The van der Waals surface area contributed by atoms with Crippen molar-refractivity contribution >= 4 is 5.97 Å². The van der Waals surface area contributed by atoms with E-state index in [4.69, 9.17) is 5.11 Å². The van der Waals surface area contributed by atoms with Crippen LogP contribution in [0.4, 0.5) is 26.3 Å². The first-order valence-corrected chi connectivity index (χ1v) is 7.66. The van der Waals surface area contributed by atoms with Gasteiger partial charge in [0.1, 0.15) is 0 Å². The van der Waals surface area contributed by atoms with Crippen molar-refractivity contribution in [2.75, 3.05) is 0 Å². The van der Waals surface area contributed by atoms with E-state index in [1.54, 1.807) is 0 Å². The number of nitrogens with zero attached hydrogens (tertiary/aromatic N) is 2. The Labute approximate surface area is 153 Å². The van der Waals surface area contributed by atoms with Crippen LogP contribution in [0, 0.1) is 0 Å². The highest BCUT2D eigenvalue weighted by atomic mass is 19.4. The summed E-state index contributed by atoms with van der Waals surface area (Å²) in [6, 6.07) is 9.36. The lowest BCUT2D eigenvalue weighted by Crippen LogP contribution is -2.10. The largest absolute Gasteiger partial charge is 0.478 e. The minimum atomic E-state index is -4.91. The van der Waals surface area contributed by atoms with Crippen LogP contribution in [0.5, 0.6) is 0 Å². The van der Waals surface area contributed by atoms with Crippen LogP contribution in [0.15, 0.2) is 54.6 Å². The zero-order chi connectivity index (χ0) is 20.7. The molecule has 0 fully saturated rings. The molecule has 1 aromatic heterocycles. The van der Waals surface area contributed by atoms with Crippen LogP contribution in [0.1, 0.15) is 21.6 Å². The number of aromatic nitrogens is 2. The molecule has 0 aliphatic rings. The third-order valence-corrected chi connectivity index (χ3v) is 3.85. The number of hydrogen-bond donors (Lipinski definition) is 1. The van der Waals surface area contributed by atoms with Crippen molar-refractivity contribution in [2.45, 2.75) is 12.4 Å². The molecule has 0 bridgehead atoms. The molecule has 2 aromatic carbocycles. The lowest BCUT2D eigenvalue weighted by molar-refractivity contribution is -0.141. The summed E-state index contributed by atoms with van der Waals surface area (Å²) in [7, 11) is 0. The molecule has 0 saturated carbocycles. The van der Waals surface area contributed by atoms with Crippen LogP contribution in [-0.2, 0) is 12.4 Å². The van der Waals surface area contributed by atoms with Gasteiger partial charge in [-0.25, -0.2) is 9.48 Å². The van der Waals surface area contributed by atoms with E-state index in [-0.39, 0.29) is 11.3 Å². The number of benzene rings is 2. The summed E-state index contributed by atoms with van der Waals surface area (Å²) < 4.78 is 80.2. The van der Waals surface area contributed by atoms with Crippen LogP contribution in [0.2, 0.25) is 0 Å². The van der Waals surface area contributed by atoms with Gasteiger partial charge in [-0.1, -0.05) is 24.3 Å². The number of alkyl halides is 6. The van der Waals surface area contributed by atoms with Crippen molar-refractivity contribution in [3.8, 4) is 16.9 Å². The Kier molecular flexibility index (Phi) is 4.66. The van der Waals surface area contributed by atoms with Crippen molar-refractivity contribution in [3.63, 3.8) is 0 Å². The second-order valence-electron chi connectivity index (χ2n) is 5.72. The van der Waals surface area contributed by atoms with E-state index < -0.39 is 40.8 Å². The molecule has 0 spiro atoms. The molecule has 146 valence electrons. The number of carbonyl (C=O) groups is 1. The van der Waals surface area contributed by atoms with Gasteiger partial charge in [-0.2, -0.15) is 31.4 Å². The molecule has 0 amide bonds. The van der Waals surface area contributed by atoms with Crippen molar-refractivity contribution < 1.29 is 36.2 Å². The number of hydrogen-bond acceptors (Lipinski definition) is 2. The zero-order valence-corrected chi connectivity index (χ0v) is 13.7. The van der Waals surface area contributed by atoms with E-state index in [2.05, 4.69) is 5.10 Å². The summed E-state index contributed by atoms with van der Waals surface area (Å²) in [5.41, 5.74) is -3.90. The number of aromatic carboxylic acids is 1. The van der Waals surface area contributed by atoms with Gasteiger partial charge in [0.05, 0.1) is 22.5 Å². The fraction of sp³-hybridized carbons (Fsp3) is 0.111. The summed E-state index contributed by atoms with van der Waals surface area (Å²) in [5.74, 6) is -1.35. The standard InChI is InChI=1S/C18H10F6N2O2/c19-17(20,21)13-7-2-1-6-12(13)14-9-15(18(22,23)24)25-26(14)11-5-3-4-10(8-11)16(27)28/h1-9H,(H,27,28). The van der Waals surface area contributed by atoms with E-state index >= 15 is 0 Å². The summed E-state index contributed by atoms with van der Waals surface area (Å²) in [6.07, 6.45) is -9.72. The second kappa shape index (κ2) is 6.70. The van der Waals surface area contributed by atoms with Crippen LogP contribution >= 0.6 is 0 Å². The SMILES string of the molecule is O=C(O)c1cccc(-n2nc(C(F)(F)F)cc2-c2ccccc2C(F)(F)F)c1. The summed E-state index contributed by atoms with van der Waals surface area (Å²) >= 11 is 0. The van der Waals surface area contributed by atoms with Crippen molar-refractivity contribution in [3.05, 3.63) is 71.4 Å². The first-order chi connectivity index (χ1) is 13.0. The average Bonchev–Trinajstić information content (AvgIpc) is 3.07. The molecule has 0 aliphatic carbocycles. The maximum Gasteiger partial charge on any atom is 0.435 e. The van der Waals surface area contributed by atoms with Gasteiger partial charge in [0.25, 0.3) is 0 Å². The van der Waals surface area contributed by atoms with E-state index in [1.807, 2.05) is 0 Å². The zero-order valence-electron chi connectivity index (χ0n) is 13.7. The van der Waals surface area contributed by atoms with Gasteiger partial charge in [0.15, 0.2) is 5.69 Å². The molecule has 0 aliphatic heterocycles. The summed E-state index contributed by atoms with van der Waals surface area (Å²) in [4.78, 5) is 11.1. The maximum absolute atomic E-state index is 13.3. The van der Waals surface area contributed by atoms with Crippen LogP contribution in [0.25, 0.3) is 16.9 Å². The molecule has 0 radical (unpaired) electrons. The number of rotatable bonds is 3. The maximum atomic E-state index is 13.3. The predicted octanol–water partition coefficient (Wildman–Crippen LogP) is 5.28. The molecule has 3 aromatic rings. The van der Waals surface area contributed by atoms with Crippen LogP contribution in [-0.4, -0.2) is 20.9 Å². The summed E-state index contributed by atoms with van der Waals surface area (Å²) in [5, 5.41) is 12.5. The Bertz CT molecular complexity index is 1040. The highest BCUT2D eigenvalue weighted by Gasteiger charge is 2.38. The quantitative estimate of drug-likeness (QED) is 0.609. The van der Waals surface area contributed by atoms with E-state index in [1.165, 1.54) is 24.3 Å². The normalized spacial score (nSPS) is 12.2. The molecular weight excluding hydrogens is 390 g/mol. The molecule has 28 heavy (non-hydrogen) atoms. The first-order valence-electron chi connectivity index (χ1n) is 7.66. The Balaban J connectivity index is 2.30. The van der Waals surface area contributed by atoms with Crippen molar-refractivity contribution in [1.82, 2.24) is 9.78 Å². The Morgan fingerprint density at radius 1 is 0.893 bits per heavy atom. The van der Waals surface area contributed by atoms with Gasteiger partial charge < -0.3 is 5.11 Å². The van der Waals surface area contributed by atoms with Gasteiger partial charge in [0.2, 0.25) is 0 Å². The highest BCUT2D eigenvalue weighted by Crippen LogP contribution is 2.39. The third kappa shape index (κ3) is 3.71. The Morgan fingerprint density at radius 2 is 1.57 bits per heavy atom. The Morgan fingerprint density at radius 3 is 2.18 bits per heavy atom. The molecule has 0 saturated heterocycles. The lowest BCUT2D eigenvalue weighted by Gasteiger charge is -2.14. The molecule has 0 unspecified atom stereocenters. The van der Waals surface area contributed by atoms with Gasteiger partial charge in [-0.3, -0.25) is 0 Å². The highest BCUT2D eigenvalue weighted by molar-refractivity contribution is 5.88. The predicted molar refractivity (Wildman–Crippen MR) is 86.0 cm³/mol. The molecule has 0 atom stereocenters. The van der Waals surface area contributed by atoms with Gasteiger partial charge in [-0.05, 0) is 30.3 Å². The van der Waals surface area contributed by atoms with Gasteiger partial charge in [0, 0.05) is 5.56 Å². The fourth-order valence-corrected chi connectivity index (χ4v) is 2.63. The smallest absolute Gasteiger partial charge is 0.435 e. The Hall–Kier alpha value is -3.30. The van der Waals surface area contributed by atoms with E-state index in [0.717, 1.165) is 24.3 Å². The molecule has 4 nitrogen and oxygen atoms in total. The van der Waals surface area contributed by atoms with Gasteiger partial charge >= 0.3 is 18.3 Å². The molecular formula is C18H10F6N2O2. The molecule has 3 rings (SSSR count). The lowest BCUT2D eigenvalue weighted by atomic mass is 10.0. The van der Waals surface area contributed by atoms with Crippen molar-refractivity contribution in [1.29, 1.82) is 0 Å². The second-order valence-corrected chi connectivity index (χ2v) is 5.72. The van der Waals surface area contributed by atoms with E-state index in [0.29, 0.717) is 10.7 Å². The van der Waals surface area contributed by atoms with Crippen LogP contribution < -0.4 is 0 Å². The molecule has 1 N–H and O–H groups in total. The monoisotopic (exact) mass is 400 g/mol. The van der Waals surface area contributed by atoms with Gasteiger partial charge in [-0.15, -0.1) is 0 Å². The molecule has 1 heterocycles. The first kappa shape index (κ1) is 19.5. The van der Waals surface area contributed by atoms with Crippen molar-refractivity contribution in [2.24, 2.45) is 0 Å². The fourth-order valence-electron chi connectivity index (χ4n) is 2.63. The minimum absolute atomic E-state index is 0.123. The van der Waals surface area contributed by atoms with E-state index in [9.17, 15) is 31.1 Å².